The fourth-order valence-electron chi connectivity index (χ4n) is 1.31. The van der Waals surface area contributed by atoms with E-state index in [1.54, 1.807) is 36.4 Å². The van der Waals surface area contributed by atoms with Gasteiger partial charge < -0.3 is 4.74 Å². The summed E-state index contributed by atoms with van der Waals surface area (Å²) in [6.45, 7) is 0. The SMILES string of the molecule is COc1ccnc(-c2sccc2SC)c1. The lowest BCUT2D eigenvalue weighted by Crippen LogP contribution is -1.86. The molecule has 0 aromatic carbocycles. The number of hydrogen-bond acceptors (Lipinski definition) is 4. The van der Waals surface area contributed by atoms with Crippen molar-refractivity contribution >= 4 is 23.1 Å². The van der Waals surface area contributed by atoms with Gasteiger partial charge in [0.1, 0.15) is 5.75 Å². The standard InChI is InChI=1S/C11H11NOS2/c1-13-8-3-5-12-9(7-8)11-10(14-2)4-6-15-11/h3-7H,1-2H3. The second-order valence-corrected chi connectivity index (χ2v) is 4.66. The summed E-state index contributed by atoms with van der Waals surface area (Å²) in [5.41, 5.74) is 0.980. The van der Waals surface area contributed by atoms with E-state index in [0.717, 1.165) is 11.4 Å². The first kappa shape index (κ1) is 10.5. The topological polar surface area (TPSA) is 22.1 Å². The van der Waals surface area contributed by atoms with Crippen LogP contribution in [0.3, 0.4) is 0 Å². The summed E-state index contributed by atoms with van der Waals surface area (Å²) in [6.07, 6.45) is 3.85. The van der Waals surface area contributed by atoms with E-state index in [2.05, 4.69) is 22.7 Å². The van der Waals surface area contributed by atoms with E-state index in [0.29, 0.717) is 0 Å². The summed E-state index contributed by atoms with van der Waals surface area (Å²) >= 11 is 3.45. The summed E-state index contributed by atoms with van der Waals surface area (Å²) in [4.78, 5) is 6.83. The minimum Gasteiger partial charge on any atom is -0.497 e. The highest BCUT2D eigenvalue weighted by atomic mass is 32.2. The van der Waals surface area contributed by atoms with Crippen LogP contribution in [0.4, 0.5) is 0 Å². The van der Waals surface area contributed by atoms with Gasteiger partial charge in [-0.1, -0.05) is 0 Å². The average molecular weight is 237 g/mol. The molecule has 0 bridgehead atoms. The molecule has 2 heterocycles. The van der Waals surface area contributed by atoms with Crippen molar-refractivity contribution in [2.45, 2.75) is 4.90 Å². The van der Waals surface area contributed by atoms with Gasteiger partial charge in [-0.25, -0.2) is 0 Å². The second kappa shape index (κ2) is 4.68. The number of methoxy groups -OCH3 is 1. The maximum absolute atomic E-state index is 5.18. The Hall–Kier alpha value is -1.00. The Morgan fingerprint density at radius 2 is 2.27 bits per heavy atom. The Morgan fingerprint density at radius 3 is 3.00 bits per heavy atom. The van der Waals surface area contributed by atoms with Gasteiger partial charge >= 0.3 is 0 Å². The lowest BCUT2D eigenvalue weighted by atomic mass is 10.3. The van der Waals surface area contributed by atoms with Gasteiger partial charge in [-0.2, -0.15) is 0 Å². The highest BCUT2D eigenvalue weighted by Crippen LogP contribution is 2.34. The first-order chi connectivity index (χ1) is 7.35. The van der Waals surface area contributed by atoms with Gasteiger partial charge in [0.15, 0.2) is 0 Å². The van der Waals surface area contributed by atoms with E-state index in [4.69, 9.17) is 4.74 Å². The summed E-state index contributed by atoms with van der Waals surface area (Å²) in [7, 11) is 1.67. The minimum absolute atomic E-state index is 0.848. The third-order valence-electron chi connectivity index (χ3n) is 2.05. The number of ether oxygens (including phenoxy) is 1. The van der Waals surface area contributed by atoms with Crippen molar-refractivity contribution in [3.05, 3.63) is 29.8 Å². The molecule has 0 aliphatic rings. The van der Waals surface area contributed by atoms with E-state index in [9.17, 15) is 0 Å². The molecule has 0 saturated heterocycles. The largest absolute Gasteiger partial charge is 0.497 e. The molecular weight excluding hydrogens is 226 g/mol. The normalized spacial score (nSPS) is 10.3. The molecule has 2 rings (SSSR count). The molecule has 0 radical (unpaired) electrons. The molecule has 15 heavy (non-hydrogen) atoms. The van der Waals surface area contributed by atoms with Crippen LogP contribution in [0.5, 0.6) is 5.75 Å². The number of thioether (sulfide) groups is 1. The van der Waals surface area contributed by atoms with Gasteiger partial charge in [0.05, 0.1) is 17.7 Å². The van der Waals surface area contributed by atoms with Crippen molar-refractivity contribution in [2.24, 2.45) is 0 Å². The molecule has 0 spiro atoms. The molecule has 0 aliphatic heterocycles. The Balaban J connectivity index is 2.44. The van der Waals surface area contributed by atoms with Crippen LogP contribution in [0.2, 0.25) is 0 Å². The van der Waals surface area contributed by atoms with Crippen molar-refractivity contribution in [1.29, 1.82) is 0 Å². The molecule has 0 N–H and O–H groups in total. The van der Waals surface area contributed by atoms with E-state index in [1.807, 2.05) is 12.1 Å². The minimum atomic E-state index is 0.848. The summed E-state index contributed by atoms with van der Waals surface area (Å²) in [5, 5.41) is 2.09. The Morgan fingerprint density at radius 1 is 1.40 bits per heavy atom. The fraction of sp³-hybridized carbons (Fsp3) is 0.182. The number of nitrogens with zero attached hydrogens (tertiary/aromatic N) is 1. The molecule has 2 nitrogen and oxygen atoms in total. The molecule has 0 atom stereocenters. The first-order valence-electron chi connectivity index (χ1n) is 4.47. The highest BCUT2D eigenvalue weighted by molar-refractivity contribution is 7.98. The molecule has 2 aromatic heterocycles. The zero-order valence-electron chi connectivity index (χ0n) is 8.56. The number of hydrogen-bond donors (Lipinski definition) is 0. The number of thiophene rings is 1. The predicted octanol–water partition coefficient (Wildman–Crippen LogP) is 3.54. The maximum atomic E-state index is 5.18. The third kappa shape index (κ3) is 2.16. The van der Waals surface area contributed by atoms with Gasteiger partial charge in [-0.3, -0.25) is 4.98 Å². The van der Waals surface area contributed by atoms with Gasteiger partial charge in [-0.05, 0) is 23.8 Å². The van der Waals surface area contributed by atoms with Crippen molar-refractivity contribution in [3.8, 4) is 16.3 Å². The molecule has 0 aliphatic carbocycles. The zero-order valence-corrected chi connectivity index (χ0v) is 10.2. The van der Waals surface area contributed by atoms with Crippen molar-refractivity contribution in [1.82, 2.24) is 4.98 Å². The lowest BCUT2D eigenvalue weighted by Gasteiger charge is -2.03. The second-order valence-electron chi connectivity index (χ2n) is 2.90. The van der Waals surface area contributed by atoms with Gasteiger partial charge in [0, 0.05) is 17.2 Å². The van der Waals surface area contributed by atoms with E-state index in [1.165, 1.54) is 9.77 Å². The number of rotatable bonds is 3. The Labute approximate surface area is 97.3 Å². The van der Waals surface area contributed by atoms with Crippen LogP contribution in [0.25, 0.3) is 10.6 Å². The molecule has 2 aromatic rings. The van der Waals surface area contributed by atoms with Crippen LogP contribution < -0.4 is 4.74 Å². The van der Waals surface area contributed by atoms with Crippen molar-refractivity contribution < 1.29 is 4.74 Å². The quantitative estimate of drug-likeness (QED) is 0.762. The maximum Gasteiger partial charge on any atom is 0.122 e. The summed E-state index contributed by atoms with van der Waals surface area (Å²) in [6, 6.07) is 5.94. The van der Waals surface area contributed by atoms with Gasteiger partial charge in [-0.15, -0.1) is 23.1 Å². The van der Waals surface area contributed by atoms with Crippen molar-refractivity contribution in [2.75, 3.05) is 13.4 Å². The molecule has 0 amide bonds. The highest BCUT2D eigenvalue weighted by Gasteiger charge is 2.07. The smallest absolute Gasteiger partial charge is 0.122 e. The monoisotopic (exact) mass is 237 g/mol. The zero-order chi connectivity index (χ0) is 10.7. The molecule has 78 valence electrons. The van der Waals surface area contributed by atoms with E-state index < -0.39 is 0 Å². The first-order valence-corrected chi connectivity index (χ1v) is 6.57. The lowest BCUT2D eigenvalue weighted by molar-refractivity contribution is 0.414. The van der Waals surface area contributed by atoms with Crippen molar-refractivity contribution in [3.63, 3.8) is 0 Å². The average Bonchev–Trinajstić information content (AvgIpc) is 2.77. The Bertz CT molecular complexity index is 453. The van der Waals surface area contributed by atoms with Crippen LogP contribution in [0, 0.1) is 0 Å². The van der Waals surface area contributed by atoms with Crippen LogP contribution in [-0.4, -0.2) is 18.3 Å². The third-order valence-corrected chi connectivity index (χ3v) is 3.89. The predicted molar refractivity (Wildman–Crippen MR) is 65.9 cm³/mol. The van der Waals surface area contributed by atoms with Crippen LogP contribution in [0.15, 0.2) is 34.7 Å². The van der Waals surface area contributed by atoms with E-state index >= 15 is 0 Å². The molecule has 0 unspecified atom stereocenters. The number of pyridine rings is 1. The summed E-state index contributed by atoms with van der Waals surface area (Å²) < 4.78 is 5.18. The van der Waals surface area contributed by atoms with Crippen LogP contribution in [-0.2, 0) is 0 Å². The fourth-order valence-corrected chi connectivity index (χ4v) is 3.04. The van der Waals surface area contributed by atoms with Crippen LogP contribution in [0.1, 0.15) is 0 Å². The van der Waals surface area contributed by atoms with Gasteiger partial charge in [0.2, 0.25) is 0 Å². The number of aromatic nitrogens is 1. The molecule has 0 fully saturated rings. The molecule has 4 heteroatoms. The molecule has 0 saturated carbocycles. The summed E-state index contributed by atoms with van der Waals surface area (Å²) in [5.74, 6) is 0.848. The van der Waals surface area contributed by atoms with Gasteiger partial charge in [0.25, 0.3) is 0 Å². The Kier molecular flexibility index (Phi) is 3.28. The molecular formula is C11H11NOS2. The van der Waals surface area contributed by atoms with Crippen LogP contribution >= 0.6 is 23.1 Å². The van der Waals surface area contributed by atoms with E-state index in [-0.39, 0.29) is 0 Å².